The number of aromatic nitrogens is 2. The Bertz CT molecular complexity index is 995. The second kappa shape index (κ2) is 8.00. The second-order valence-corrected chi connectivity index (χ2v) is 7.67. The van der Waals surface area contributed by atoms with Crippen LogP contribution in [0.4, 0.5) is 13.2 Å². The lowest BCUT2D eigenvalue weighted by atomic mass is 9.97. The molecule has 3 rings (SSSR count). The normalized spacial score (nSPS) is 13.9. The maximum Gasteiger partial charge on any atom is 0.424 e. The Balaban J connectivity index is 1.74. The zero-order valence-electron chi connectivity index (χ0n) is 15.8. The van der Waals surface area contributed by atoms with Crippen LogP contribution >= 0.6 is 11.3 Å². The van der Waals surface area contributed by atoms with Gasteiger partial charge in [-0.05, 0) is 23.9 Å². The zero-order valence-corrected chi connectivity index (χ0v) is 16.6. The molecule has 29 heavy (non-hydrogen) atoms. The van der Waals surface area contributed by atoms with E-state index < -0.39 is 29.9 Å². The van der Waals surface area contributed by atoms with Crippen LogP contribution in [0.15, 0.2) is 48.1 Å². The van der Waals surface area contributed by atoms with Gasteiger partial charge in [-0.25, -0.2) is 4.98 Å². The molecule has 1 amide bonds. The number of aliphatic hydroxyl groups is 1. The van der Waals surface area contributed by atoms with E-state index in [0.29, 0.717) is 10.4 Å². The zero-order chi connectivity index (χ0) is 21.2. The van der Waals surface area contributed by atoms with E-state index in [9.17, 15) is 23.1 Å². The average Bonchev–Trinajstić information content (AvgIpc) is 3.30. The van der Waals surface area contributed by atoms with Crippen molar-refractivity contribution < 1.29 is 23.1 Å². The molecule has 0 saturated carbocycles. The molecule has 2 heterocycles. The summed E-state index contributed by atoms with van der Waals surface area (Å²) in [5, 5.41) is 14.6. The number of aryl methyl sites for hydroxylation is 2. The van der Waals surface area contributed by atoms with Gasteiger partial charge in [-0.2, -0.15) is 13.2 Å². The van der Waals surface area contributed by atoms with Crippen molar-refractivity contribution in [2.75, 3.05) is 6.54 Å². The lowest BCUT2D eigenvalue weighted by Gasteiger charge is -2.29. The minimum atomic E-state index is -4.94. The topological polar surface area (TPSA) is 67.2 Å². The molecule has 0 aliphatic rings. The molecule has 0 fully saturated rings. The summed E-state index contributed by atoms with van der Waals surface area (Å²) in [4.78, 5) is 16.6. The first-order valence-corrected chi connectivity index (χ1v) is 9.71. The molecule has 0 radical (unpaired) electrons. The van der Waals surface area contributed by atoms with Crippen molar-refractivity contribution in [3.8, 4) is 11.1 Å². The number of imidazole rings is 1. The second-order valence-electron chi connectivity index (χ2n) is 6.76. The number of nitrogens with one attached hydrogen (secondary N) is 1. The van der Waals surface area contributed by atoms with Gasteiger partial charge in [-0.15, -0.1) is 11.3 Å². The molecule has 0 aliphatic carbocycles. The highest BCUT2D eigenvalue weighted by Crippen LogP contribution is 2.40. The quantitative estimate of drug-likeness (QED) is 0.629. The summed E-state index contributed by atoms with van der Waals surface area (Å²) >= 11 is 1.21. The maximum atomic E-state index is 13.5. The molecular weight excluding hydrogens is 403 g/mol. The molecule has 2 N–H and O–H groups in total. The maximum absolute atomic E-state index is 13.5. The standard InChI is InChI=1S/C20H20F3N3O2S/c1-13-3-5-14(6-4-13)15-7-12-29-16(15)17(27)24-9-8-19(28,20(21,22)23)18-25-10-11-26(18)2/h3-7,10-12,28H,8-9H2,1-2H3,(H,24,27). The largest absolute Gasteiger partial charge is 0.424 e. The third-order valence-electron chi connectivity index (χ3n) is 4.67. The minimum Gasteiger partial charge on any atom is -0.374 e. The van der Waals surface area contributed by atoms with Crippen LogP contribution in [0.3, 0.4) is 0 Å². The predicted molar refractivity (Wildman–Crippen MR) is 105 cm³/mol. The van der Waals surface area contributed by atoms with E-state index in [1.165, 1.54) is 30.8 Å². The summed E-state index contributed by atoms with van der Waals surface area (Å²) in [6, 6.07) is 9.41. The van der Waals surface area contributed by atoms with Crippen LogP contribution in [0.5, 0.6) is 0 Å². The lowest BCUT2D eigenvalue weighted by molar-refractivity contribution is -0.272. The van der Waals surface area contributed by atoms with Crippen molar-refractivity contribution in [3.63, 3.8) is 0 Å². The average molecular weight is 423 g/mol. The Kier molecular flexibility index (Phi) is 5.81. The van der Waals surface area contributed by atoms with E-state index in [1.807, 2.05) is 31.2 Å². The smallest absolute Gasteiger partial charge is 0.374 e. The van der Waals surface area contributed by atoms with Crippen molar-refractivity contribution in [1.82, 2.24) is 14.9 Å². The number of carbonyl (C=O) groups is 1. The van der Waals surface area contributed by atoms with Crippen molar-refractivity contribution in [1.29, 1.82) is 0 Å². The molecule has 3 aromatic rings. The van der Waals surface area contributed by atoms with Crippen LogP contribution in [0.1, 0.15) is 27.5 Å². The van der Waals surface area contributed by atoms with Gasteiger partial charge in [0.05, 0.1) is 4.88 Å². The first-order chi connectivity index (χ1) is 13.6. The van der Waals surface area contributed by atoms with Gasteiger partial charge in [0, 0.05) is 38.0 Å². The van der Waals surface area contributed by atoms with Crippen LogP contribution in [-0.4, -0.2) is 33.3 Å². The Morgan fingerprint density at radius 1 is 1.24 bits per heavy atom. The first-order valence-electron chi connectivity index (χ1n) is 8.83. The number of nitrogens with zero attached hydrogens (tertiary/aromatic N) is 2. The van der Waals surface area contributed by atoms with Crippen molar-refractivity contribution >= 4 is 17.2 Å². The van der Waals surface area contributed by atoms with E-state index in [2.05, 4.69) is 10.3 Å². The van der Waals surface area contributed by atoms with Crippen LogP contribution in [0.2, 0.25) is 0 Å². The number of benzene rings is 1. The molecule has 1 unspecified atom stereocenters. The molecule has 154 valence electrons. The molecule has 0 bridgehead atoms. The molecule has 0 saturated heterocycles. The number of hydrogen-bond acceptors (Lipinski definition) is 4. The highest BCUT2D eigenvalue weighted by Gasteiger charge is 2.57. The summed E-state index contributed by atoms with van der Waals surface area (Å²) in [6.45, 7) is 1.58. The van der Waals surface area contributed by atoms with Crippen LogP contribution in [0.25, 0.3) is 11.1 Å². The van der Waals surface area contributed by atoms with Gasteiger partial charge in [0.2, 0.25) is 5.60 Å². The third kappa shape index (κ3) is 4.20. The highest BCUT2D eigenvalue weighted by molar-refractivity contribution is 7.12. The fourth-order valence-corrected chi connectivity index (χ4v) is 3.86. The summed E-state index contributed by atoms with van der Waals surface area (Å²) < 4.78 is 41.8. The molecule has 1 atom stereocenters. The van der Waals surface area contributed by atoms with Crippen LogP contribution in [-0.2, 0) is 12.6 Å². The van der Waals surface area contributed by atoms with E-state index in [-0.39, 0.29) is 6.54 Å². The summed E-state index contributed by atoms with van der Waals surface area (Å²) in [5.74, 6) is -1.00. The number of amides is 1. The van der Waals surface area contributed by atoms with Crippen molar-refractivity contribution in [2.45, 2.75) is 25.1 Å². The van der Waals surface area contributed by atoms with Crippen LogP contribution in [0, 0.1) is 6.92 Å². The third-order valence-corrected chi connectivity index (χ3v) is 5.58. The molecule has 2 aromatic heterocycles. The summed E-state index contributed by atoms with van der Waals surface area (Å²) in [6.07, 6.45) is -3.18. The van der Waals surface area contributed by atoms with Gasteiger partial charge >= 0.3 is 6.18 Å². The van der Waals surface area contributed by atoms with Crippen LogP contribution < -0.4 is 5.32 Å². The predicted octanol–water partition coefficient (Wildman–Crippen LogP) is 4.03. The molecule has 0 spiro atoms. The van der Waals surface area contributed by atoms with E-state index in [4.69, 9.17) is 0 Å². The fourth-order valence-electron chi connectivity index (χ4n) is 3.03. The van der Waals surface area contributed by atoms with Crippen molar-refractivity contribution in [2.24, 2.45) is 7.05 Å². The van der Waals surface area contributed by atoms with Gasteiger partial charge in [0.25, 0.3) is 5.91 Å². The highest BCUT2D eigenvalue weighted by atomic mass is 32.1. The number of carbonyl (C=O) groups excluding carboxylic acids is 1. The monoisotopic (exact) mass is 423 g/mol. The Morgan fingerprint density at radius 2 is 1.93 bits per heavy atom. The van der Waals surface area contributed by atoms with Gasteiger partial charge in [0.15, 0.2) is 0 Å². The number of halogens is 3. The van der Waals surface area contributed by atoms with E-state index in [0.717, 1.165) is 15.7 Å². The number of thiophene rings is 1. The Hall–Kier alpha value is -2.65. The molecule has 0 aliphatic heterocycles. The molecule has 9 heteroatoms. The summed E-state index contributed by atoms with van der Waals surface area (Å²) in [5.41, 5.74) is -0.520. The van der Waals surface area contributed by atoms with Gasteiger partial charge < -0.3 is 15.0 Å². The SMILES string of the molecule is Cc1ccc(-c2ccsc2C(=O)NCCC(O)(c2nccn2C)C(F)(F)F)cc1. The Morgan fingerprint density at radius 3 is 2.52 bits per heavy atom. The van der Waals surface area contributed by atoms with Gasteiger partial charge in [-0.1, -0.05) is 29.8 Å². The van der Waals surface area contributed by atoms with Gasteiger partial charge in [-0.3, -0.25) is 4.79 Å². The summed E-state index contributed by atoms with van der Waals surface area (Å²) in [7, 11) is 1.37. The number of hydrogen-bond donors (Lipinski definition) is 2. The number of alkyl halides is 3. The molecule has 1 aromatic carbocycles. The van der Waals surface area contributed by atoms with Crippen molar-refractivity contribution in [3.05, 3.63) is 64.4 Å². The number of rotatable bonds is 6. The van der Waals surface area contributed by atoms with E-state index >= 15 is 0 Å². The fraction of sp³-hybridized carbons (Fsp3) is 0.300. The van der Waals surface area contributed by atoms with Gasteiger partial charge in [0.1, 0.15) is 5.82 Å². The molecule has 5 nitrogen and oxygen atoms in total. The first kappa shape index (κ1) is 21.1. The minimum absolute atomic E-state index is 0.368. The molecular formula is C20H20F3N3O2S. The Labute approximate surface area is 169 Å². The lowest BCUT2D eigenvalue weighted by Crippen LogP contribution is -2.46. The van der Waals surface area contributed by atoms with E-state index in [1.54, 1.807) is 11.4 Å².